The van der Waals surface area contributed by atoms with Crippen molar-refractivity contribution in [1.82, 2.24) is 14.9 Å². The molecule has 0 bridgehead atoms. The number of imidazole rings is 1. The highest BCUT2D eigenvalue weighted by Crippen LogP contribution is 2.29. The molecule has 0 radical (unpaired) electrons. The van der Waals surface area contributed by atoms with Crippen LogP contribution in [0.2, 0.25) is 0 Å². The quantitative estimate of drug-likeness (QED) is 0.748. The van der Waals surface area contributed by atoms with Gasteiger partial charge in [-0.1, -0.05) is 60.7 Å². The maximum atomic E-state index is 13.4. The summed E-state index contributed by atoms with van der Waals surface area (Å²) in [5.41, 5.74) is 3.31. The lowest BCUT2D eigenvalue weighted by molar-refractivity contribution is -0.133. The van der Waals surface area contributed by atoms with Crippen LogP contribution in [0.5, 0.6) is 0 Å². The van der Waals surface area contributed by atoms with E-state index in [4.69, 9.17) is 0 Å². The van der Waals surface area contributed by atoms with Gasteiger partial charge in [-0.25, -0.2) is 4.98 Å². The third-order valence-electron chi connectivity index (χ3n) is 5.50. The van der Waals surface area contributed by atoms with E-state index in [0.717, 1.165) is 43.5 Å². The summed E-state index contributed by atoms with van der Waals surface area (Å²) >= 11 is 0. The van der Waals surface area contributed by atoms with Crippen LogP contribution in [0.4, 0.5) is 0 Å². The van der Waals surface area contributed by atoms with E-state index in [1.807, 2.05) is 47.5 Å². The molecule has 27 heavy (non-hydrogen) atoms. The third kappa shape index (κ3) is 4.11. The number of carbonyl (C=O) groups excluding carboxylic acids is 1. The van der Waals surface area contributed by atoms with Crippen molar-refractivity contribution in [1.29, 1.82) is 0 Å². The van der Waals surface area contributed by atoms with Crippen molar-refractivity contribution in [3.8, 4) is 0 Å². The van der Waals surface area contributed by atoms with Gasteiger partial charge >= 0.3 is 0 Å². The Morgan fingerprint density at radius 3 is 2.11 bits per heavy atom. The van der Waals surface area contributed by atoms with Gasteiger partial charge in [0.05, 0.1) is 12.2 Å². The van der Waals surface area contributed by atoms with E-state index in [9.17, 15) is 4.79 Å². The van der Waals surface area contributed by atoms with Gasteiger partial charge in [0.1, 0.15) is 0 Å². The molecule has 1 aliphatic rings. The van der Waals surface area contributed by atoms with E-state index >= 15 is 0 Å². The molecule has 4 heteroatoms. The molecule has 1 fully saturated rings. The predicted molar refractivity (Wildman–Crippen MR) is 106 cm³/mol. The Bertz CT molecular complexity index is 798. The second-order valence-electron chi connectivity index (χ2n) is 7.30. The molecule has 0 aliphatic carbocycles. The second kappa shape index (κ2) is 8.21. The molecule has 1 N–H and O–H groups in total. The van der Waals surface area contributed by atoms with Crippen LogP contribution in [-0.4, -0.2) is 33.9 Å². The maximum absolute atomic E-state index is 13.4. The zero-order chi connectivity index (χ0) is 18.5. The lowest BCUT2D eigenvalue weighted by atomic mass is 9.87. The Balaban J connectivity index is 1.48. The first-order valence-corrected chi connectivity index (χ1v) is 9.67. The fourth-order valence-electron chi connectivity index (χ4n) is 4.02. The smallest absolute Gasteiger partial charge is 0.234 e. The largest absolute Gasteiger partial charge is 0.348 e. The van der Waals surface area contributed by atoms with E-state index in [-0.39, 0.29) is 11.8 Å². The molecule has 1 aliphatic heterocycles. The van der Waals surface area contributed by atoms with Gasteiger partial charge in [-0.05, 0) is 36.3 Å². The molecule has 138 valence electrons. The van der Waals surface area contributed by atoms with Crippen LogP contribution in [0.3, 0.4) is 0 Å². The summed E-state index contributed by atoms with van der Waals surface area (Å²) in [7, 11) is 0. The van der Waals surface area contributed by atoms with Crippen molar-refractivity contribution in [3.63, 3.8) is 0 Å². The highest BCUT2D eigenvalue weighted by atomic mass is 16.2. The van der Waals surface area contributed by atoms with Gasteiger partial charge in [-0.2, -0.15) is 0 Å². The average molecular weight is 359 g/mol. The summed E-state index contributed by atoms with van der Waals surface area (Å²) in [6, 6.07) is 20.3. The first-order chi connectivity index (χ1) is 13.3. The molecule has 1 saturated heterocycles. The summed E-state index contributed by atoms with van der Waals surface area (Å²) in [5, 5.41) is 0. The fraction of sp³-hybridized carbons (Fsp3) is 0.304. The van der Waals surface area contributed by atoms with E-state index in [1.165, 1.54) is 5.69 Å². The molecule has 4 nitrogen and oxygen atoms in total. The highest BCUT2D eigenvalue weighted by Gasteiger charge is 2.30. The lowest BCUT2D eigenvalue weighted by Crippen LogP contribution is -2.41. The number of H-pyrrole nitrogens is 1. The first kappa shape index (κ1) is 17.5. The second-order valence-corrected chi connectivity index (χ2v) is 7.30. The van der Waals surface area contributed by atoms with E-state index in [0.29, 0.717) is 5.92 Å². The molecule has 0 spiro atoms. The van der Waals surface area contributed by atoms with Gasteiger partial charge in [0, 0.05) is 25.0 Å². The SMILES string of the molecule is O=C(C(c1ccccc1)c1ccccc1)N1CCC(Cc2cnc[nH]2)CC1. The molecule has 2 aromatic carbocycles. The molecular weight excluding hydrogens is 334 g/mol. The normalized spacial score (nSPS) is 15.2. The molecular formula is C23H25N3O. The minimum absolute atomic E-state index is 0.215. The summed E-state index contributed by atoms with van der Waals surface area (Å²) in [6.07, 6.45) is 6.74. The van der Waals surface area contributed by atoms with Gasteiger partial charge in [0.15, 0.2) is 0 Å². The zero-order valence-corrected chi connectivity index (χ0v) is 15.4. The number of hydrogen-bond acceptors (Lipinski definition) is 2. The van der Waals surface area contributed by atoms with E-state index in [1.54, 1.807) is 6.33 Å². The van der Waals surface area contributed by atoms with Gasteiger partial charge in [-0.15, -0.1) is 0 Å². The number of benzene rings is 2. The van der Waals surface area contributed by atoms with Crippen molar-refractivity contribution >= 4 is 5.91 Å². The fourth-order valence-corrected chi connectivity index (χ4v) is 4.02. The number of nitrogens with zero attached hydrogens (tertiary/aromatic N) is 2. The van der Waals surface area contributed by atoms with E-state index < -0.39 is 0 Å². The van der Waals surface area contributed by atoms with Crippen molar-refractivity contribution in [2.45, 2.75) is 25.2 Å². The first-order valence-electron chi connectivity index (χ1n) is 9.67. The number of nitrogens with one attached hydrogen (secondary N) is 1. The molecule has 0 unspecified atom stereocenters. The van der Waals surface area contributed by atoms with Crippen molar-refractivity contribution in [2.75, 3.05) is 13.1 Å². The lowest BCUT2D eigenvalue weighted by Gasteiger charge is -2.34. The highest BCUT2D eigenvalue weighted by molar-refractivity contribution is 5.87. The van der Waals surface area contributed by atoms with Crippen LogP contribution < -0.4 is 0 Å². The molecule has 1 aromatic heterocycles. The minimum atomic E-state index is -0.225. The predicted octanol–water partition coefficient (Wildman–Crippen LogP) is 4.02. The summed E-state index contributed by atoms with van der Waals surface area (Å²) in [4.78, 5) is 22.8. The molecule has 0 saturated carbocycles. The van der Waals surface area contributed by atoms with Crippen molar-refractivity contribution in [2.24, 2.45) is 5.92 Å². The molecule has 0 atom stereocenters. The topological polar surface area (TPSA) is 49.0 Å². The van der Waals surface area contributed by atoms with Crippen molar-refractivity contribution < 1.29 is 4.79 Å². The maximum Gasteiger partial charge on any atom is 0.234 e. The van der Waals surface area contributed by atoms with Crippen LogP contribution >= 0.6 is 0 Å². The van der Waals surface area contributed by atoms with Crippen LogP contribution in [0, 0.1) is 5.92 Å². The minimum Gasteiger partial charge on any atom is -0.348 e. The Morgan fingerprint density at radius 2 is 1.59 bits per heavy atom. The number of aromatic amines is 1. The number of carbonyl (C=O) groups is 1. The number of rotatable bonds is 5. The van der Waals surface area contributed by atoms with Gasteiger partial charge in [0.2, 0.25) is 5.91 Å². The summed E-state index contributed by atoms with van der Waals surface area (Å²) in [6.45, 7) is 1.65. The van der Waals surface area contributed by atoms with Crippen LogP contribution in [0.1, 0.15) is 35.6 Å². The Labute approximate surface area is 160 Å². The number of hydrogen-bond donors (Lipinski definition) is 1. The van der Waals surface area contributed by atoms with Crippen LogP contribution in [-0.2, 0) is 11.2 Å². The van der Waals surface area contributed by atoms with Gasteiger partial charge in [-0.3, -0.25) is 4.79 Å². The standard InChI is InChI=1S/C23H25N3O/c27-23(26-13-11-18(12-14-26)15-21-16-24-17-25-21)22(19-7-3-1-4-8-19)20-9-5-2-6-10-20/h1-10,16-18,22H,11-15H2,(H,24,25). The van der Waals surface area contributed by atoms with Gasteiger partial charge < -0.3 is 9.88 Å². The molecule has 3 aromatic rings. The third-order valence-corrected chi connectivity index (χ3v) is 5.50. The van der Waals surface area contributed by atoms with Crippen LogP contribution in [0.15, 0.2) is 73.2 Å². The Hall–Kier alpha value is -2.88. The summed E-state index contributed by atoms with van der Waals surface area (Å²) < 4.78 is 0. The number of likely N-dealkylation sites (tertiary alicyclic amines) is 1. The Morgan fingerprint density at radius 1 is 1.00 bits per heavy atom. The average Bonchev–Trinajstić information content (AvgIpc) is 3.23. The molecule has 2 heterocycles. The Kier molecular flexibility index (Phi) is 5.33. The zero-order valence-electron chi connectivity index (χ0n) is 15.4. The summed E-state index contributed by atoms with van der Waals surface area (Å²) in [5.74, 6) is 0.602. The monoisotopic (exact) mass is 359 g/mol. The molecule has 1 amide bonds. The van der Waals surface area contributed by atoms with Crippen LogP contribution in [0.25, 0.3) is 0 Å². The van der Waals surface area contributed by atoms with Crippen molar-refractivity contribution in [3.05, 3.63) is 90.0 Å². The van der Waals surface area contributed by atoms with E-state index in [2.05, 4.69) is 34.2 Å². The number of amides is 1. The number of piperidine rings is 1. The molecule has 4 rings (SSSR count). The number of aromatic nitrogens is 2. The van der Waals surface area contributed by atoms with Gasteiger partial charge in [0.25, 0.3) is 0 Å².